The molecule has 6 atom stereocenters. The number of phosphoric ester groups is 2. The smallest absolute Gasteiger partial charge is 0.462 e. The molecule has 98 heavy (non-hydrogen) atoms. The van der Waals surface area contributed by atoms with Crippen LogP contribution in [0.1, 0.15) is 402 Å². The third kappa shape index (κ3) is 71.1. The summed E-state index contributed by atoms with van der Waals surface area (Å²) >= 11 is 0. The minimum absolute atomic E-state index is 0.101. The van der Waals surface area contributed by atoms with Gasteiger partial charge in [0.1, 0.15) is 19.3 Å². The van der Waals surface area contributed by atoms with Crippen LogP contribution in [0.3, 0.4) is 0 Å². The SMILES string of the molecule is CCC(C)CCCCCCCCCCCCCCCCCCCCC(=O)O[C@H](COC(=O)CCCCCCCCCCCCCCCCCC(C)C)COP(=O)(O)OC[C@@H](O)COP(=O)(O)OC[C@@H](COC(=O)CCCCCCCCC(C)C)OC(=O)CCCCCCCCC(C)C. The van der Waals surface area contributed by atoms with E-state index in [9.17, 15) is 43.2 Å². The number of phosphoric acid groups is 2. The first-order valence-electron chi connectivity index (χ1n) is 40.7. The van der Waals surface area contributed by atoms with Gasteiger partial charge in [0.2, 0.25) is 0 Å². The van der Waals surface area contributed by atoms with Gasteiger partial charge in [-0.2, -0.15) is 0 Å². The summed E-state index contributed by atoms with van der Waals surface area (Å²) in [6.45, 7) is 14.1. The monoisotopic (exact) mass is 1440 g/mol. The van der Waals surface area contributed by atoms with Crippen LogP contribution in [0.2, 0.25) is 0 Å². The predicted molar refractivity (Wildman–Crippen MR) is 400 cm³/mol. The van der Waals surface area contributed by atoms with Crippen molar-refractivity contribution in [3.63, 3.8) is 0 Å². The summed E-state index contributed by atoms with van der Waals surface area (Å²) in [7, 11) is -9.91. The first-order chi connectivity index (χ1) is 47.1. The molecule has 0 heterocycles. The fourth-order valence-electron chi connectivity index (χ4n) is 12.0. The summed E-state index contributed by atoms with van der Waals surface area (Å²) in [5.74, 6) is 0.901. The zero-order valence-electron chi connectivity index (χ0n) is 64.4. The van der Waals surface area contributed by atoms with Gasteiger partial charge < -0.3 is 33.8 Å². The van der Waals surface area contributed by atoms with Crippen LogP contribution in [0.25, 0.3) is 0 Å². The number of unbranched alkanes of at least 4 members (excludes halogenated alkanes) is 41. The van der Waals surface area contributed by atoms with Crippen molar-refractivity contribution >= 4 is 39.5 Å². The van der Waals surface area contributed by atoms with Crippen molar-refractivity contribution in [3.8, 4) is 0 Å². The van der Waals surface area contributed by atoms with E-state index in [0.717, 1.165) is 108 Å². The molecule has 0 fully saturated rings. The van der Waals surface area contributed by atoms with Crippen LogP contribution < -0.4 is 0 Å². The second kappa shape index (κ2) is 68.2. The second-order valence-corrected chi connectivity index (χ2v) is 33.0. The predicted octanol–water partition coefficient (Wildman–Crippen LogP) is 23.2. The van der Waals surface area contributed by atoms with E-state index in [0.29, 0.717) is 37.5 Å². The number of carbonyl (C=O) groups is 4. The molecule has 0 saturated heterocycles. The highest BCUT2D eigenvalue weighted by Crippen LogP contribution is 2.45. The van der Waals surface area contributed by atoms with E-state index < -0.39 is 97.5 Å². The van der Waals surface area contributed by atoms with Gasteiger partial charge in [-0.3, -0.25) is 37.3 Å². The number of hydrogen-bond donors (Lipinski definition) is 3. The Kier molecular flexibility index (Phi) is 66.8. The van der Waals surface area contributed by atoms with Gasteiger partial charge in [0.25, 0.3) is 0 Å². The summed E-state index contributed by atoms with van der Waals surface area (Å²) in [4.78, 5) is 72.8. The van der Waals surface area contributed by atoms with Crippen molar-refractivity contribution in [1.29, 1.82) is 0 Å². The lowest BCUT2D eigenvalue weighted by Gasteiger charge is -2.21. The van der Waals surface area contributed by atoms with Gasteiger partial charge in [-0.25, -0.2) is 9.13 Å². The number of carbonyl (C=O) groups excluding carboxylic acids is 4. The molecule has 0 aromatic heterocycles. The fourth-order valence-corrected chi connectivity index (χ4v) is 13.6. The first-order valence-corrected chi connectivity index (χ1v) is 43.7. The van der Waals surface area contributed by atoms with Gasteiger partial charge >= 0.3 is 39.5 Å². The standard InChI is InChI=1S/C79H154O17P2/c1-9-72(8)58-50-42-32-28-24-20-16-12-10-11-13-17-22-26-30-34-45-53-61-78(83)95-74(65-89-76(81)59-51-43-33-29-25-21-18-14-15-19-23-27-31-39-47-55-69(2)3)67-93-97(85,86)91-63-73(80)64-92-98(87,88)94-68-75(96-79(84)62-54-46-38-36-41-49-57-71(6)7)66-90-77(82)60-52-44-37-35-40-48-56-70(4)5/h69-75,80H,9-68H2,1-8H3,(H,85,86)(H,87,88)/t72?,73-,74-,75-/m1/s1. The Balaban J connectivity index is 5.17. The Morgan fingerprint density at radius 3 is 0.724 bits per heavy atom. The van der Waals surface area contributed by atoms with Crippen LogP contribution in [-0.2, 0) is 65.4 Å². The van der Waals surface area contributed by atoms with Crippen molar-refractivity contribution in [1.82, 2.24) is 0 Å². The van der Waals surface area contributed by atoms with E-state index in [1.54, 1.807) is 0 Å². The molecule has 0 aliphatic carbocycles. The van der Waals surface area contributed by atoms with Crippen molar-refractivity contribution in [2.45, 2.75) is 420 Å². The van der Waals surface area contributed by atoms with Gasteiger partial charge in [0, 0.05) is 25.7 Å². The molecule has 582 valence electrons. The molecule has 0 rings (SSSR count). The lowest BCUT2D eigenvalue weighted by atomic mass is 9.99. The van der Waals surface area contributed by atoms with E-state index in [1.807, 2.05) is 0 Å². The summed E-state index contributed by atoms with van der Waals surface area (Å²) in [5.41, 5.74) is 0. The van der Waals surface area contributed by atoms with E-state index in [2.05, 4.69) is 55.4 Å². The molecule has 0 saturated carbocycles. The molecule has 0 aliphatic heterocycles. The lowest BCUT2D eigenvalue weighted by molar-refractivity contribution is -0.161. The molecular formula is C79H154O17P2. The van der Waals surface area contributed by atoms with Crippen LogP contribution in [0.4, 0.5) is 0 Å². The molecule has 3 N–H and O–H groups in total. The molecule has 0 aromatic carbocycles. The number of esters is 4. The quantitative estimate of drug-likeness (QED) is 0.0222. The summed E-state index contributed by atoms with van der Waals surface area (Å²) in [6, 6.07) is 0. The van der Waals surface area contributed by atoms with Crippen LogP contribution >= 0.6 is 15.6 Å². The van der Waals surface area contributed by atoms with E-state index in [-0.39, 0.29) is 25.7 Å². The Labute approximate surface area is 600 Å². The van der Waals surface area contributed by atoms with Crippen molar-refractivity contribution in [3.05, 3.63) is 0 Å². The Morgan fingerprint density at radius 1 is 0.286 bits per heavy atom. The number of aliphatic hydroxyl groups is 1. The molecule has 0 radical (unpaired) electrons. The molecule has 0 aromatic rings. The van der Waals surface area contributed by atoms with Crippen molar-refractivity contribution in [2.24, 2.45) is 23.7 Å². The molecule has 0 aliphatic rings. The van der Waals surface area contributed by atoms with Crippen LogP contribution in [-0.4, -0.2) is 96.7 Å². The number of rotatable bonds is 76. The molecule has 0 spiro atoms. The normalized spacial score (nSPS) is 14.3. The first kappa shape index (κ1) is 96.1. The Bertz CT molecular complexity index is 1920. The van der Waals surface area contributed by atoms with Gasteiger partial charge in [-0.05, 0) is 49.4 Å². The van der Waals surface area contributed by atoms with Gasteiger partial charge in [0.05, 0.1) is 26.4 Å². The molecule has 0 amide bonds. The Hall–Kier alpha value is -1.94. The maximum atomic E-state index is 13.1. The minimum Gasteiger partial charge on any atom is -0.462 e. The highest BCUT2D eigenvalue weighted by molar-refractivity contribution is 7.47. The molecule has 17 nitrogen and oxygen atoms in total. The van der Waals surface area contributed by atoms with Crippen LogP contribution in [0.15, 0.2) is 0 Å². The van der Waals surface area contributed by atoms with E-state index in [1.165, 1.54) is 199 Å². The molecule has 19 heteroatoms. The summed E-state index contributed by atoms with van der Waals surface area (Å²) in [6.07, 6.45) is 54.6. The summed E-state index contributed by atoms with van der Waals surface area (Å²) in [5, 5.41) is 10.6. The van der Waals surface area contributed by atoms with Crippen LogP contribution in [0, 0.1) is 23.7 Å². The van der Waals surface area contributed by atoms with Crippen LogP contribution in [0.5, 0.6) is 0 Å². The lowest BCUT2D eigenvalue weighted by Crippen LogP contribution is -2.30. The average Bonchev–Trinajstić information content (AvgIpc) is 0.941. The number of ether oxygens (including phenoxy) is 4. The summed E-state index contributed by atoms with van der Waals surface area (Å²) < 4.78 is 68.5. The van der Waals surface area contributed by atoms with Gasteiger partial charge in [-0.1, -0.05) is 351 Å². The zero-order chi connectivity index (χ0) is 72.4. The maximum Gasteiger partial charge on any atom is 0.472 e. The van der Waals surface area contributed by atoms with E-state index >= 15 is 0 Å². The minimum atomic E-state index is -4.96. The second-order valence-electron chi connectivity index (χ2n) is 30.1. The number of hydrogen-bond acceptors (Lipinski definition) is 15. The van der Waals surface area contributed by atoms with Gasteiger partial charge in [-0.15, -0.1) is 0 Å². The largest absolute Gasteiger partial charge is 0.472 e. The number of aliphatic hydroxyl groups excluding tert-OH is 1. The average molecular weight is 1440 g/mol. The third-order valence-electron chi connectivity index (χ3n) is 18.7. The molecular weight excluding hydrogens is 1280 g/mol. The van der Waals surface area contributed by atoms with Crippen molar-refractivity contribution in [2.75, 3.05) is 39.6 Å². The fraction of sp³-hybridized carbons (Fsp3) is 0.949. The maximum absolute atomic E-state index is 13.1. The topological polar surface area (TPSA) is 237 Å². The third-order valence-corrected chi connectivity index (χ3v) is 20.6. The highest BCUT2D eigenvalue weighted by Gasteiger charge is 2.30. The van der Waals surface area contributed by atoms with Crippen molar-refractivity contribution < 1.29 is 80.2 Å². The van der Waals surface area contributed by atoms with E-state index in [4.69, 9.17) is 37.0 Å². The Morgan fingerprint density at radius 2 is 0.490 bits per heavy atom. The highest BCUT2D eigenvalue weighted by atomic mass is 31.2. The molecule has 0 bridgehead atoms. The zero-order valence-corrected chi connectivity index (χ0v) is 66.2. The van der Waals surface area contributed by atoms with Gasteiger partial charge in [0.15, 0.2) is 12.2 Å². The molecule has 3 unspecified atom stereocenters.